The van der Waals surface area contributed by atoms with Gasteiger partial charge in [-0.05, 0) is 25.3 Å². The van der Waals surface area contributed by atoms with Gasteiger partial charge in [-0.2, -0.15) is 13.2 Å². The molecule has 0 spiro atoms. The second-order valence-electron chi connectivity index (χ2n) is 5.81. The Kier molecular flexibility index (Phi) is 5.08. The SMILES string of the molecule is CC(C)CNCc1nnc(N2CCC(C(F)(F)F)CC2)o1. The van der Waals surface area contributed by atoms with Gasteiger partial charge in [0.1, 0.15) is 0 Å². The van der Waals surface area contributed by atoms with Crippen LogP contribution in [-0.2, 0) is 6.54 Å². The van der Waals surface area contributed by atoms with Crippen molar-refractivity contribution in [2.24, 2.45) is 11.8 Å². The molecule has 1 aromatic rings. The summed E-state index contributed by atoms with van der Waals surface area (Å²) in [5, 5.41) is 11.0. The minimum absolute atomic E-state index is 0.0762. The van der Waals surface area contributed by atoms with E-state index < -0.39 is 12.1 Å². The van der Waals surface area contributed by atoms with Crippen LogP contribution in [0.4, 0.5) is 19.2 Å². The largest absolute Gasteiger partial charge is 0.407 e. The van der Waals surface area contributed by atoms with E-state index in [2.05, 4.69) is 29.4 Å². The zero-order chi connectivity index (χ0) is 15.5. The van der Waals surface area contributed by atoms with Gasteiger partial charge in [-0.1, -0.05) is 18.9 Å². The van der Waals surface area contributed by atoms with Crippen molar-refractivity contribution < 1.29 is 17.6 Å². The monoisotopic (exact) mass is 306 g/mol. The molecule has 0 aromatic carbocycles. The third-order valence-corrected chi connectivity index (χ3v) is 3.51. The van der Waals surface area contributed by atoms with Crippen LogP contribution >= 0.6 is 0 Å². The lowest BCUT2D eigenvalue weighted by atomic mass is 9.97. The zero-order valence-electron chi connectivity index (χ0n) is 12.3. The maximum atomic E-state index is 12.6. The number of piperidine rings is 1. The summed E-state index contributed by atoms with van der Waals surface area (Å²) in [6.45, 7) is 6.10. The highest BCUT2D eigenvalue weighted by Gasteiger charge is 2.41. The lowest BCUT2D eigenvalue weighted by Gasteiger charge is -2.31. The van der Waals surface area contributed by atoms with Crippen LogP contribution in [-0.4, -0.2) is 36.0 Å². The highest BCUT2D eigenvalue weighted by molar-refractivity contribution is 5.24. The number of rotatable bonds is 5. The second kappa shape index (κ2) is 6.64. The summed E-state index contributed by atoms with van der Waals surface area (Å²) >= 11 is 0. The Balaban J connectivity index is 1.83. The molecule has 120 valence electrons. The Morgan fingerprint density at radius 1 is 1.29 bits per heavy atom. The fourth-order valence-electron chi connectivity index (χ4n) is 2.31. The number of alkyl halides is 3. The first-order valence-electron chi connectivity index (χ1n) is 7.21. The molecule has 0 bridgehead atoms. The molecule has 1 N–H and O–H groups in total. The maximum absolute atomic E-state index is 12.6. The molecule has 0 aliphatic carbocycles. The van der Waals surface area contributed by atoms with Crippen molar-refractivity contribution in [2.45, 2.75) is 39.4 Å². The topological polar surface area (TPSA) is 54.2 Å². The Hall–Kier alpha value is -1.31. The third kappa shape index (κ3) is 4.59. The molecule has 2 heterocycles. The molecule has 1 saturated heterocycles. The van der Waals surface area contributed by atoms with E-state index >= 15 is 0 Å². The third-order valence-electron chi connectivity index (χ3n) is 3.51. The summed E-state index contributed by atoms with van der Waals surface area (Å²) in [5.41, 5.74) is 0. The van der Waals surface area contributed by atoms with Crippen LogP contribution in [0.2, 0.25) is 0 Å². The maximum Gasteiger partial charge on any atom is 0.391 e. The minimum atomic E-state index is -4.10. The summed E-state index contributed by atoms with van der Waals surface area (Å²) in [7, 11) is 0. The lowest BCUT2D eigenvalue weighted by Crippen LogP contribution is -2.39. The highest BCUT2D eigenvalue weighted by Crippen LogP contribution is 2.35. The van der Waals surface area contributed by atoms with Crippen LogP contribution in [0.1, 0.15) is 32.6 Å². The number of aromatic nitrogens is 2. The van der Waals surface area contributed by atoms with Crippen molar-refractivity contribution in [1.29, 1.82) is 0 Å². The van der Waals surface area contributed by atoms with Crippen molar-refractivity contribution in [2.75, 3.05) is 24.5 Å². The molecule has 0 radical (unpaired) electrons. The van der Waals surface area contributed by atoms with Gasteiger partial charge in [0.25, 0.3) is 0 Å². The molecule has 1 fully saturated rings. The first kappa shape index (κ1) is 16.1. The van der Waals surface area contributed by atoms with E-state index in [-0.39, 0.29) is 12.8 Å². The van der Waals surface area contributed by atoms with Crippen LogP contribution < -0.4 is 10.2 Å². The van der Waals surface area contributed by atoms with E-state index in [1.807, 2.05) is 0 Å². The van der Waals surface area contributed by atoms with Gasteiger partial charge in [-0.25, -0.2) is 0 Å². The van der Waals surface area contributed by atoms with E-state index in [0.717, 1.165) is 6.54 Å². The van der Waals surface area contributed by atoms with Crippen LogP contribution in [0.5, 0.6) is 0 Å². The lowest BCUT2D eigenvalue weighted by molar-refractivity contribution is -0.179. The zero-order valence-corrected chi connectivity index (χ0v) is 12.3. The molecule has 8 heteroatoms. The van der Waals surface area contributed by atoms with Gasteiger partial charge < -0.3 is 14.6 Å². The first-order chi connectivity index (χ1) is 9.86. The number of nitrogens with one attached hydrogen (secondary N) is 1. The molecule has 0 atom stereocenters. The summed E-state index contributed by atoms with van der Waals surface area (Å²) in [5.74, 6) is -0.235. The Morgan fingerprint density at radius 2 is 1.95 bits per heavy atom. The molecular weight excluding hydrogens is 285 g/mol. The minimum Gasteiger partial charge on any atom is -0.407 e. The summed E-state index contributed by atoms with van der Waals surface area (Å²) in [4.78, 5) is 1.72. The van der Waals surface area contributed by atoms with Crippen molar-refractivity contribution in [3.05, 3.63) is 5.89 Å². The second-order valence-corrected chi connectivity index (χ2v) is 5.81. The summed E-state index contributed by atoms with van der Waals surface area (Å²) < 4.78 is 43.3. The van der Waals surface area contributed by atoms with Gasteiger partial charge in [0.15, 0.2) is 0 Å². The smallest absolute Gasteiger partial charge is 0.391 e. The Morgan fingerprint density at radius 3 is 2.52 bits per heavy atom. The van der Waals surface area contributed by atoms with E-state index in [4.69, 9.17) is 4.42 Å². The average molecular weight is 306 g/mol. The molecule has 5 nitrogen and oxygen atoms in total. The molecule has 0 saturated carbocycles. The molecule has 1 aliphatic rings. The molecule has 0 unspecified atom stereocenters. The van der Waals surface area contributed by atoms with Gasteiger partial charge in [-0.3, -0.25) is 0 Å². The summed E-state index contributed by atoms with van der Waals surface area (Å²) in [6.07, 6.45) is -3.95. The Bertz CT molecular complexity index is 439. The van der Waals surface area contributed by atoms with Crippen molar-refractivity contribution in [3.8, 4) is 0 Å². The van der Waals surface area contributed by atoms with Gasteiger partial charge in [0.2, 0.25) is 5.89 Å². The van der Waals surface area contributed by atoms with Crippen molar-refractivity contribution >= 4 is 6.01 Å². The van der Waals surface area contributed by atoms with E-state index in [9.17, 15) is 13.2 Å². The normalized spacial score (nSPS) is 17.7. The predicted octanol–water partition coefficient (Wildman–Crippen LogP) is 2.59. The van der Waals surface area contributed by atoms with Gasteiger partial charge in [0.05, 0.1) is 12.5 Å². The molecule has 0 amide bonds. The standard InChI is InChI=1S/C13H21F3N4O/c1-9(2)7-17-8-11-18-19-12(21-11)20-5-3-10(4-6-20)13(14,15)16/h9-10,17H,3-8H2,1-2H3. The fraction of sp³-hybridized carbons (Fsp3) is 0.846. The fourth-order valence-corrected chi connectivity index (χ4v) is 2.31. The van der Waals surface area contributed by atoms with Crippen molar-refractivity contribution in [3.63, 3.8) is 0 Å². The van der Waals surface area contributed by atoms with E-state index in [1.165, 1.54) is 0 Å². The van der Waals surface area contributed by atoms with Crippen LogP contribution in [0.25, 0.3) is 0 Å². The number of nitrogens with zero attached hydrogens (tertiary/aromatic N) is 3. The molecule has 2 rings (SSSR count). The van der Waals surface area contributed by atoms with Crippen molar-refractivity contribution in [1.82, 2.24) is 15.5 Å². The van der Waals surface area contributed by atoms with Gasteiger partial charge >= 0.3 is 12.2 Å². The number of halogens is 3. The molecule has 1 aromatic heterocycles. The molecular formula is C13H21F3N4O. The van der Waals surface area contributed by atoms with Gasteiger partial charge in [-0.15, -0.1) is 5.10 Å². The van der Waals surface area contributed by atoms with Crippen LogP contribution in [0.3, 0.4) is 0 Å². The summed E-state index contributed by atoms with van der Waals surface area (Å²) in [6, 6.07) is 0.317. The molecule has 1 aliphatic heterocycles. The quantitative estimate of drug-likeness (QED) is 0.906. The number of anilines is 1. The first-order valence-corrected chi connectivity index (χ1v) is 7.21. The van der Waals surface area contributed by atoms with E-state index in [0.29, 0.717) is 37.5 Å². The van der Waals surface area contributed by atoms with Crippen LogP contribution in [0.15, 0.2) is 4.42 Å². The average Bonchev–Trinajstić information content (AvgIpc) is 2.86. The van der Waals surface area contributed by atoms with Crippen LogP contribution in [0, 0.1) is 11.8 Å². The van der Waals surface area contributed by atoms with E-state index in [1.54, 1.807) is 4.90 Å². The number of hydrogen-bond donors (Lipinski definition) is 1. The van der Waals surface area contributed by atoms with Gasteiger partial charge in [0, 0.05) is 13.1 Å². The Labute approximate surface area is 121 Å². The highest BCUT2D eigenvalue weighted by atomic mass is 19.4. The predicted molar refractivity (Wildman–Crippen MR) is 71.8 cm³/mol. The number of hydrogen-bond acceptors (Lipinski definition) is 5. The molecule has 21 heavy (non-hydrogen) atoms.